The van der Waals surface area contributed by atoms with E-state index >= 15 is 0 Å². The summed E-state index contributed by atoms with van der Waals surface area (Å²) in [5.41, 5.74) is -1.30. The van der Waals surface area contributed by atoms with Crippen LogP contribution in [0.5, 0.6) is 0 Å². The van der Waals surface area contributed by atoms with E-state index in [-0.39, 0.29) is 0 Å². The second kappa shape index (κ2) is 7.87. The van der Waals surface area contributed by atoms with Crippen LogP contribution in [-0.2, 0) is 9.53 Å². The summed E-state index contributed by atoms with van der Waals surface area (Å²) in [7, 11) is 0. The number of carbonyl (C=O) groups excluding carboxylic acids is 1. The SMILES string of the molecule is C[C@H](CC(F)(F)F)C(=O)N1CCC(O)(CN2CCOCC2)C2(CCCC2)C1. The number of hydrogen-bond acceptors (Lipinski definition) is 4. The van der Waals surface area contributed by atoms with Crippen LogP contribution in [0.2, 0.25) is 0 Å². The molecule has 3 aliphatic rings. The van der Waals surface area contributed by atoms with E-state index in [1.54, 1.807) is 4.90 Å². The van der Waals surface area contributed by atoms with E-state index in [1.165, 1.54) is 6.92 Å². The first-order valence-corrected chi connectivity index (χ1v) is 10.0. The smallest absolute Gasteiger partial charge is 0.388 e. The number of β-amino-alcohol motifs (C(OH)–C–C–N with tert-alkyl or cyclic N) is 1. The number of alkyl halides is 3. The molecule has 156 valence electrons. The Bertz CT molecular complexity index is 531. The maximum Gasteiger partial charge on any atom is 0.389 e. The zero-order chi connectivity index (χ0) is 19.7. The van der Waals surface area contributed by atoms with Crippen molar-refractivity contribution < 1.29 is 27.8 Å². The van der Waals surface area contributed by atoms with Crippen molar-refractivity contribution in [1.82, 2.24) is 9.80 Å². The lowest BCUT2D eigenvalue weighted by atomic mass is 9.65. The number of likely N-dealkylation sites (tertiary alicyclic amines) is 1. The van der Waals surface area contributed by atoms with Crippen molar-refractivity contribution in [2.24, 2.45) is 11.3 Å². The van der Waals surface area contributed by atoms with Gasteiger partial charge in [-0.2, -0.15) is 13.2 Å². The minimum Gasteiger partial charge on any atom is -0.388 e. The van der Waals surface area contributed by atoms with E-state index in [1.807, 2.05) is 0 Å². The van der Waals surface area contributed by atoms with Gasteiger partial charge in [0.2, 0.25) is 5.91 Å². The van der Waals surface area contributed by atoms with Crippen LogP contribution in [0.3, 0.4) is 0 Å². The number of halogens is 3. The molecule has 0 bridgehead atoms. The number of nitrogens with zero attached hydrogens (tertiary/aromatic N) is 2. The Morgan fingerprint density at radius 2 is 1.78 bits per heavy atom. The normalized spacial score (nSPS) is 30.6. The average molecular weight is 392 g/mol. The van der Waals surface area contributed by atoms with Gasteiger partial charge in [-0.15, -0.1) is 0 Å². The summed E-state index contributed by atoms with van der Waals surface area (Å²) in [5, 5.41) is 11.6. The van der Waals surface area contributed by atoms with Gasteiger partial charge in [-0.1, -0.05) is 19.8 Å². The quantitative estimate of drug-likeness (QED) is 0.799. The van der Waals surface area contributed by atoms with Crippen LogP contribution in [0.25, 0.3) is 0 Å². The number of morpholine rings is 1. The fourth-order valence-electron chi connectivity index (χ4n) is 5.16. The molecule has 1 spiro atoms. The third-order valence-corrected chi connectivity index (χ3v) is 6.70. The Kier molecular flexibility index (Phi) is 6.08. The summed E-state index contributed by atoms with van der Waals surface area (Å²) in [6.07, 6.45) is -1.37. The van der Waals surface area contributed by atoms with E-state index in [9.17, 15) is 23.1 Å². The molecule has 1 N–H and O–H groups in total. The molecule has 1 saturated carbocycles. The summed E-state index contributed by atoms with van der Waals surface area (Å²) < 4.78 is 43.4. The number of rotatable bonds is 4. The Hall–Kier alpha value is -0.860. The third-order valence-electron chi connectivity index (χ3n) is 6.70. The number of piperidine rings is 1. The van der Waals surface area contributed by atoms with Crippen molar-refractivity contribution in [3.8, 4) is 0 Å². The van der Waals surface area contributed by atoms with E-state index < -0.39 is 35.4 Å². The van der Waals surface area contributed by atoms with Gasteiger partial charge in [0, 0.05) is 44.1 Å². The fraction of sp³-hybridized carbons (Fsp3) is 0.947. The van der Waals surface area contributed by atoms with Crippen LogP contribution in [0.1, 0.15) is 45.4 Å². The summed E-state index contributed by atoms with van der Waals surface area (Å²) in [6.45, 7) is 5.47. The van der Waals surface area contributed by atoms with Crippen molar-refractivity contribution >= 4 is 5.91 Å². The average Bonchev–Trinajstić information content (AvgIpc) is 3.06. The van der Waals surface area contributed by atoms with Crippen molar-refractivity contribution in [2.75, 3.05) is 45.9 Å². The van der Waals surface area contributed by atoms with Crippen molar-refractivity contribution in [3.05, 3.63) is 0 Å². The van der Waals surface area contributed by atoms with E-state index in [0.29, 0.717) is 39.3 Å². The molecule has 8 heteroatoms. The predicted octanol–water partition coefficient (Wildman–Crippen LogP) is 2.43. The highest BCUT2D eigenvalue weighted by Gasteiger charge is 2.56. The summed E-state index contributed by atoms with van der Waals surface area (Å²) in [4.78, 5) is 16.4. The molecule has 0 aromatic carbocycles. The standard InChI is InChI=1S/C19H31F3N2O3/c1-15(12-19(20,21)22)16(25)24-7-6-18(26,14-23-8-10-27-11-9-23)17(13-24)4-2-3-5-17/h15,26H,2-14H2,1H3/t15-,18?/m1/s1. The maximum atomic E-state index is 12.7. The van der Waals surface area contributed by atoms with Gasteiger partial charge in [0.05, 0.1) is 25.2 Å². The largest absolute Gasteiger partial charge is 0.389 e. The zero-order valence-electron chi connectivity index (χ0n) is 16.1. The van der Waals surface area contributed by atoms with Crippen molar-refractivity contribution in [3.63, 3.8) is 0 Å². The van der Waals surface area contributed by atoms with Gasteiger partial charge in [0.15, 0.2) is 0 Å². The Morgan fingerprint density at radius 1 is 1.15 bits per heavy atom. The van der Waals surface area contributed by atoms with E-state index in [2.05, 4.69) is 4.90 Å². The maximum absolute atomic E-state index is 12.7. The Balaban J connectivity index is 1.71. The lowest BCUT2D eigenvalue weighted by Crippen LogP contribution is -2.64. The molecule has 1 amide bonds. The van der Waals surface area contributed by atoms with Gasteiger partial charge >= 0.3 is 6.18 Å². The highest BCUT2D eigenvalue weighted by molar-refractivity contribution is 5.78. The molecule has 1 unspecified atom stereocenters. The molecule has 1 aliphatic carbocycles. The molecule has 5 nitrogen and oxygen atoms in total. The van der Waals surface area contributed by atoms with E-state index in [0.717, 1.165) is 38.8 Å². The number of hydrogen-bond donors (Lipinski definition) is 1. The first kappa shape index (κ1) is 20.9. The molecule has 0 radical (unpaired) electrons. The highest BCUT2D eigenvalue weighted by Crippen LogP contribution is 2.51. The number of amides is 1. The lowest BCUT2D eigenvalue weighted by molar-refractivity contribution is -0.175. The van der Waals surface area contributed by atoms with Crippen LogP contribution >= 0.6 is 0 Å². The van der Waals surface area contributed by atoms with Gasteiger partial charge in [-0.25, -0.2) is 0 Å². The molecule has 2 saturated heterocycles. The summed E-state index contributed by atoms with van der Waals surface area (Å²) in [6, 6.07) is 0. The summed E-state index contributed by atoms with van der Waals surface area (Å²) >= 11 is 0. The molecule has 0 aromatic rings. The first-order chi connectivity index (χ1) is 12.6. The second-order valence-electron chi connectivity index (χ2n) is 8.64. The van der Waals surface area contributed by atoms with Crippen molar-refractivity contribution in [2.45, 2.75) is 57.2 Å². The molecular weight excluding hydrogens is 361 g/mol. The summed E-state index contributed by atoms with van der Waals surface area (Å²) in [5.74, 6) is -1.51. The van der Waals surface area contributed by atoms with Crippen LogP contribution in [0.4, 0.5) is 13.2 Å². The van der Waals surface area contributed by atoms with Gasteiger partial charge in [0.1, 0.15) is 0 Å². The molecule has 0 aromatic heterocycles. The third kappa shape index (κ3) is 4.59. The number of ether oxygens (including phenoxy) is 1. The van der Waals surface area contributed by atoms with Crippen LogP contribution in [-0.4, -0.2) is 78.5 Å². The second-order valence-corrected chi connectivity index (χ2v) is 8.64. The van der Waals surface area contributed by atoms with Crippen LogP contribution in [0, 0.1) is 11.3 Å². The minimum atomic E-state index is -4.34. The lowest BCUT2D eigenvalue weighted by Gasteiger charge is -2.54. The molecule has 3 rings (SSSR count). The Morgan fingerprint density at radius 3 is 2.37 bits per heavy atom. The van der Waals surface area contributed by atoms with Crippen LogP contribution < -0.4 is 0 Å². The molecule has 2 heterocycles. The predicted molar refractivity (Wildman–Crippen MR) is 94.1 cm³/mol. The Labute approximate surface area is 158 Å². The van der Waals surface area contributed by atoms with Crippen LogP contribution in [0.15, 0.2) is 0 Å². The fourth-order valence-corrected chi connectivity index (χ4v) is 5.16. The molecule has 27 heavy (non-hydrogen) atoms. The zero-order valence-corrected chi connectivity index (χ0v) is 16.1. The molecular formula is C19H31F3N2O3. The molecule has 3 fully saturated rings. The topological polar surface area (TPSA) is 53.0 Å². The number of aliphatic hydroxyl groups is 1. The van der Waals surface area contributed by atoms with Gasteiger partial charge < -0.3 is 14.7 Å². The highest BCUT2D eigenvalue weighted by atomic mass is 19.4. The molecule has 2 atom stereocenters. The van der Waals surface area contributed by atoms with Gasteiger partial charge in [-0.3, -0.25) is 9.69 Å². The monoisotopic (exact) mass is 392 g/mol. The van der Waals surface area contributed by atoms with Gasteiger partial charge in [-0.05, 0) is 19.3 Å². The molecule has 2 aliphatic heterocycles. The minimum absolute atomic E-state index is 0.323. The first-order valence-electron chi connectivity index (χ1n) is 10.0. The van der Waals surface area contributed by atoms with Gasteiger partial charge in [0.25, 0.3) is 0 Å². The number of carbonyl (C=O) groups is 1. The van der Waals surface area contributed by atoms with E-state index in [4.69, 9.17) is 4.74 Å². The van der Waals surface area contributed by atoms with Crippen molar-refractivity contribution in [1.29, 1.82) is 0 Å².